The Bertz CT molecular complexity index is 1330. The van der Waals surface area contributed by atoms with Crippen molar-refractivity contribution >= 4 is 28.8 Å². The molecule has 0 saturated carbocycles. The van der Waals surface area contributed by atoms with Gasteiger partial charge in [-0.1, -0.05) is 31.2 Å². The third-order valence-electron chi connectivity index (χ3n) is 6.36. The lowest BCUT2D eigenvalue weighted by atomic mass is 9.94. The highest BCUT2D eigenvalue weighted by Crippen LogP contribution is 2.43. The SMILES string of the molecule is CCCOc1ccc(/C(O)=C2/C(=O)C(=O)N(c3cccc(C)c3)C2c2ccc(N(C)C)cc2)cc1C. The molecular weight excluding hydrogens is 452 g/mol. The fourth-order valence-corrected chi connectivity index (χ4v) is 4.47. The summed E-state index contributed by atoms with van der Waals surface area (Å²) in [4.78, 5) is 30.2. The summed E-state index contributed by atoms with van der Waals surface area (Å²) in [5.41, 5.74) is 4.68. The van der Waals surface area contributed by atoms with Gasteiger partial charge in [-0.05, 0) is 79.4 Å². The minimum Gasteiger partial charge on any atom is -0.507 e. The van der Waals surface area contributed by atoms with E-state index in [1.807, 2.05) is 88.3 Å². The number of aryl methyl sites for hydroxylation is 2. The van der Waals surface area contributed by atoms with Crippen molar-refractivity contribution in [2.75, 3.05) is 30.5 Å². The van der Waals surface area contributed by atoms with E-state index in [9.17, 15) is 14.7 Å². The van der Waals surface area contributed by atoms with Crippen LogP contribution in [0.25, 0.3) is 5.76 Å². The van der Waals surface area contributed by atoms with Gasteiger partial charge in [0.15, 0.2) is 0 Å². The number of ketones is 1. The molecule has 1 saturated heterocycles. The molecule has 6 heteroatoms. The van der Waals surface area contributed by atoms with Gasteiger partial charge in [-0.15, -0.1) is 0 Å². The van der Waals surface area contributed by atoms with Gasteiger partial charge in [-0.2, -0.15) is 0 Å². The number of carbonyl (C=O) groups excluding carboxylic acids is 2. The molecule has 0 aliphatic carbocycles. The second-order valence-corrected chi connectivity index (χ2v) is 9.32. The summed E-state index contributed by atoms with van der Waals surface area (Å²) < 4.78 is 5.76. The van der Waals surface area contributed by atoms with E-state index in [4.69, 9.17) is 4.74 Å². The Balaban J connectivity index is 1.88. The zero-order valence-electron chi connectivity index (χ0n) is 21.4. The van der Waals surface area contributed by atoms with Crippen molar-refractivity contribution in [3.8, 4) is 5.75 Å². The molecule has 186 valence electrons. The Kier molecular flexibility index (Phi) is 7.15. The topological polar surface area (TPSA) is 70.1 Å². The van der Waals surface area contributed by atoms with E-state index in [0.717, 1.165) is 34.5 Å². The molecule has 3 aromatic rings. The molecule has 1 amide bonds. The van der Waals surface area contributed by atoms with Gasteiger partial charge in [0, 0.05) is 31.0 Å². The third-order valence-corrected chi connectivity index (χ3v) is 6.36. The van der Waals surface area contributed by atoms with Crippen molar-refractivity contribution < 1.29 is 19.4 Å². The molecule has 1 atom stereocenters. The first-order valence-corrected chi connectivity index (χ1v) is 12.1. The van der Waals surface area contributed by atoms with Crippen molar-refractivity contribution in [1.29, 1.82) is 0 Å². The highest BCUT2D eigenvalue weighted by Gasteiger charge is 2.47. The number of hydrogen-bond donors (Lipinski definition) is 1. The Labute approximate surface area is 212 Å². The molecule has 1 fully saturated rings. The van der Waals surface area contributed by atoms with Crippen LogP contribution in [-0.4, -0.2) is 37.5 Å². The monoisotopic (exact) mass is 484 g/mol. The molecule has 0 aromatic heterocycles. The molecule has 1 aliphatic heterocycles. The van der Waals surface area contributed by atoms with Crippen LogP contribution in [-0.2, 0) is 9.59 Å². The van der Waals surface area contributed by atoms with Crippen LogP contribution >= 0.6 is 0 Å². The minimum atomic E-state index is -0.765. The maximum atomic E-state index is 13.4. The van der Waals surface area contributed by atoms with Crippen LogP contribution < -0.4 is 14.5 Å². The quantitative estimate of drug-likeness (QED) is 0.261. The van der Waals surface area contributed by atoms with E-state index < -0.39 is 17.7 Å². The first kappa shape index (κ1) is 25.0. The average Bonchev–Trinajstić information content (AvgIpc) is 3.13. The maximum Gasteiger partial charge on any atom is 0.300 e. The number of carbonyl (C=O) groups is 2. The standard InChI is InChI=1S/C30H32N2O4/c1-6-16-36-25-15-12-22(18-20(25)3)28(33)26-27(21-10-13-23(14-11-21)31(4)5)32(30(35)29(26)34)24-9-7-8-19(2)17-24/h7-15,17-18,27,33H,6,16H2,1-5H3/b28-26-. The second kappa shape index (κ2) is 10.3. The first-order valence-electron chi connectivity index (χ1n) is 12.1. The van der Waals surface area contributed by atoms with Crippen LogP contribution in [0.4, 0.5) is 11.4 Å². The summed E-state index contributed by atoms with van der Waals surface area (Å²) in [5, 5.41) is 11.4. The molecule has 1 aliphatic rings. The van der Waals surface area contributed by atoms with E-state index in [1.165, 1.54) is 4.90 Å². The lowest BCUT2D eigenvalue weighted by Gasteiger charge is -2.26. The van der Waals surface area contributed by atoms with Crippen molar-refractivity contribution in [1.82, 2.24) is 0 Å². The zero-order valence-corrected chi connectivity index (χ0v) is 21.4. The number of ether oxygens (including phenoxy) is 1. The number of amides is 1. The fraction of sp³-hybridized carbons (Fsp3) is 0.267. The normalized spacial score (nSPS) is 16.9. The highest BCUT2D eigenvalue weighted by molar-refractivity contribution is 6.51. The Morgan fingerprint density at radius 1 is 1.00 bits per heavy atom. The highest BCUT2D eigenvalue weighted by atomic mass is 16.5. The van der Waals surface area contributed by atoms with Gasteiger partial charge in [0.25, 0.3) is 11.7 Å². The Hall–Kier alpha value is -4.06. The molecule has 0 bridgehead atoms. The van der Waals surface area contributed by atoms with Crippen molar-refractivity contribution in [3.63, 3.8) is 0 Å². The molecule has 4 rings (SSSR count). The number of hydrogen-bond acceptors (Lipinski definition) is 5. The van der Waals surface area contributed by atoms with Crippen molar-refractivity contribution in [3.05, 3.63) is 94.6 Å². The molecular formula is C30H32N2O4. The van der Waals surface area contributed by atoms with Crippen LogP contribution in [0.1, 0.15) is 41.6 Å². The van der Waals surface area contributed by atoms with E-state index in [2.05, 4.69) is 0 Å². The summed E-state index contributed by atoms with van der Waals surface area (Å²) in [6, 6.07) is 19.7. The van der Waals surface area contributed by atoms with Gasteiger partial charge in [0.1, 0.15) is 11.5 Å². The second-order valence-electron chi connectivity index (χ2n) is 9.32. The molecule has 0 radical (unpaired) electrons. The summed E-state index contributed by atoms with van der Waals surface area (Å²) in [6.45, 7) is 6.46. The van der Waals surface area contributed by atoms with Gasteiger partial charge in [0.05, 0.1) is 18.2 Å². The van der Waals surface area contributed by atoms with Gasteiger partial charge in [-0.25, -0.2) is 0 Å². The Morgan fingerprint density at radius 2 is 1.72 bits per heavy atom. The van der Waals surface area contributed by atoms with E-state index in [0.29, 0.717) is 17.9 Å². The van der Waals surface area contributed by atoms with E-state index in [-0.39, 0.29) is 11.3 Å². The third kappa shape index (κ3) is 4.71. The number of anilines is 2. The van der Waals surface area contributed by atoms with Gasteiger partial charge < -0.3 is 14.7 Å². The van der Waals surface area contributed by atoms with E-state index in [1.54, 1.807) is 18.2 Å². The van der Waals surface area contributed by atoms with Crippen LogP contribution in [0.2, 0.25) is 0 Å². The number of Topliss-reactive ketones (excluding diaryl/α,β-unsaturated/α-hetero) is 1. The molecule has 1 unspecified atom stereocenters. The fourth-order valence-electron chi connectivity index (χ4n) is 4.47. The predicted octanol–water partition coefficient (Wildman–Crippen LogP) is 5.78. The van der Waals surface area contributed by atoms with Gasteiger partial charge >= 0.3 is 0 Å². The largest absolute Gasteiger partial charge is 0.507 e. The first-order chi connectivity index (χ1) is 17.2. The van der Waals surface area contributed by atoms with Gasteiger partial charge in [0.2, 0.25) is 0 Å². The molecule has 3 aromatic carbocycles. The van der Waals surface area contributed by atoms with Crippen LogP contribution in [0.3, 0.4) is 0 Å². The number of nitrogens with zero attached hydrogens (tertiary/aromatic N) is 2. The molecule has 1 heterocycles. The van der Waals surface area contributed by atoms with E-state index >= 15 is 0 Å². The molecule has 0 spiro atoms. The number of aliphatic hydroxyl groups is 1. The summed E-state index contributed by atoms with van der Waals surface area (Å²) in [6.07, 6.45) is 0.885. The van der Waals surface area contributed by atoms with Gasteiger partial charge in [-0.3, -0.25) is 14.5 Å². The minimum absolute atomic E-state index is 0.0701. The molecule has 6 nitrogen and oxygen atoms in total. The lowest BCUT2D eigenvalue weighted by molar-refractivity contribution is -0.132. The number of aliphatic hydroxyl groups excluding tert-OH is 1. The zero-order chi connectivity index (χ0) is 26.0. The summed E-state index contributed by atoms with van der Waals surface area (Å²) in [7, 11) is 3.90. The molecule has 1 N–H and O–H groups in total. The summed E-state index contributed by atoms with van der Waals surface area (Å²) in [5.74, 6) is -0.845. The molecule has 36 heavy (non-hydrogen) atoms. The maximum absolute atomic E-state index is 13.4. The number of benzene rings is 3. The van der Waals surface area contributed by atoms with Crippen LogP contribution in [0.15, 0.2) is 72.3 Å². The Morgan fingerprint density at radius 3 is 2.33 bits per heavy atom. The number of rotatable bonds is 7. The van der Waals surface area contributed by atoms with Crippen LogP contribution in [0.5, 0.6) is 5.75 Å². The predicted molar refractivity (Wildman–Crippen MR) is 144 cm³/mol. The smallest absolute Gasteiger partial charge is 0.300 e. The van der Waals surface area contributed by atoms with Crippen LogP contribution in [0, 0.1) is 13.8 Å². The summed E-state index contributed by atoms with van der Waals surface area (Å²) >= 11 is 0. The van der Waals surface area contributed by atoms with Crippen molar-refractivity contribution in [2.45, 2.75) is 33.2 Å². The lowest BCUT2D eigenvalue weighted by Crippen LogP contribution is -2.29. The average molecular weight is 485 g/mol. The van der Waals surface area contributed by atoms with Crippen molar-refractivity contribution in [2.24, 2.45) is 0 Å².